The number of carbonyl (C=O) groups excluding carboxylic acids is 1. The molecule has 2 heterocycles. The van der Waals surface area contributed by atoms with Crippen LogP contribution in [0.25, 0.3) is 15.9 Å². The third-order valence-electron chi connectivity index (χ3n) is 4.38. The molecule has 1 amide bonds. The van der Waals surface area contributed by atoms with E-state index in [1.54, 1.807) is 35.5 Å². The number of anilines is 1. The molecule has 4 aromatic rings. The molecule has 29 heavy (non-hydrogen) atoms. The minimum Gasteiger partial charge on any atom is -0.315 e. The van der Waals surface area contributed by atoms with Crippen LogP contribution in [-0.2, 0) is 4.79 Å². The smallest absolute Gasteiger partial charge is 0.276 e. The summed E-state index contributed by atoms with van der Waals surface area (Å²) in [6, 6.07) is 17.1. The van der Waals surface area contributed by atoms with E-state index in [9.17, 15) is 14.0 Å². The van der Waals surface area contributed by atoms with Crippen molar-refractivity contribution in [1.29, 1.82) is 0 Å². The molecule has 0 aliphatic carbocycles. The number of hydrogen-bond acceptors (Lipinski definition) is 5. The summed E-state index contributed by atoms with van der Waals surface area (Å²) in [4.78, 5) is 31.7. The van der Waals surface area contributed by atoms with Gasteiger partial charge < -0.3 is 4.90 Å². The Kier molecular flexibility index (Phi) is 5.46. The Bertz CT molecular complexity index is 1240. The van der Waals surface area contributed by atoms with Crippen molar-refractivity contribution in [2.24, 2.45) is 0 Å². The van der Waals surface area contributed by atoms with E-state index in [0.717, 1.165) is 17.4 Å². The highest BCUT2D eigenvalue weighted by Gasteiger charge is 2.19. The minimum absolute atomic E-state index is 0.0575. The molecule has 8 heteroatoms. The molecule has 2 aromatic heterocycles. The van der Waals surface area contributed by atoms with Gasteiger partial charge in [0, 0.05) is 12.7 Å². The van der Waals surface area contributed by atoms with Crippen molar-refractivity contribution in [3.8, 4) is 5.69 Å². The number of hydrogen-bond donors (Lipinski definition) is 0. The summed E-state index contributed by atoms with van der Waals surface area (Å²) in [7, 11) is 1.69. The Morgan fingerprint density at radius 1 is 1.14 bits per heavy atom. The van der Waals surface area contributed by atoms with Gasteiger partial charge in [-0.2, -0.15) is 0 Å². The number of aromatic nitrogens is 2. The zero-order valence-electron chi connectivity index (χ0n) is 15.4. The first-order valence-corrected chi connectivity index (χ1v) is 10.6. The highest BCUT2D eigenvalue weighted by atomic mass is 32.2. The predicted octanol–water partition coefficient (Wildman–Crippen LogP) is 4.34. The van der Waals surface area contributed by atoms with Crippen molar-refractivity contribution < 1.29 is 9.18 Å². The fraction of sp³-hybridized carbons (Fsp3) is 0.0952. The number of thiophene rings is 1. The predicted molar refractivity (Wildman–Crippen MR) is 116 cm³/mol. The average molecular weight is 426 g/mol. The molecule has 2 aromatic carbocycles. The number of amides is 1. The summed E-state index contributed by atoms with van der Waals surface area (Å²) in [6.07, 6.45) is 0. The first-order valence-electron chi connectivity index (χ1n) is 8.76. The van der Waals surface area contributed by atoms with Crippen LogP contribution in [0.4, 0.5) is 10.1 Å². The van der Waals surface area contributed by atoms with Gasteiger partial charge in [-0.25, -0.2) is 9.37 Å². The van der Waals surface area contributed by atoms with Crippen LogP contribution in [-0.4, -0.2) is 28.3 Å². The number of para-hydroxylation sites is 2. The number of nitrogens with zero attached hydrogens (tertiary/aromatic N) is 3. The summed E-state index contributed by atoms with van der Waals surface area (Å²) in [5, 5.41) is 2.05. The largest absolute Gasteiger partial charge is 0.315 e. The zero-order valence-corrected chi connectivity index (χ0v) is 17.0. The highest BCUT2D eigenvalue weighted by Crippen LogP contribution is 2.25. The van der Waals surface area contributed by atoms with Crippen molar-refractivity contribution in [2.75, 3.05) is 17.7 Å². The summed E-state index contributed by atoms with van der Waals surface area (Å²) in [5.41, 5.74) is 1.08. The van der Waals surface area contributed by atoms with E-state index in [2.05, 4.69) is 4.98 Å². The molecule has 0 spiro atoms. The zero-order chi connectivity index (χ0) is 20.4. The molecule has 146 valence electrons. The Balaban J connectivity index is 1.70. The first kappa shape index (κ1) is 19.4. The molecule has 0 unspecified atom stereocenters. The monoisotopic (exact) mass is 425 g/mol. The van der Waals surface area contributed by atoms with Crippen LogP contribution in [0.2, 0.25) is 0 Å². The number of fused-ring (bicyclic) bond motifs is 1. The van der Waals surface area contributed by atoms with Gasteiger partial charge in [-0.15, -0.1) is 11.3 Å². The normalized spacial score (nSPS) is 11.0. The summed E-state index contributed by atoms with van der Waals surface area (Å²) in [6.45, 7) is 0. The van der Waals surface area contributed by atoms with Crippen molar-refractivity contribution in [2.45, 2.75) is 5.16 Å². The van der Waals surface area contributed by atoms with Gasteiger partial charge in [0.25, 0.3) is 5.56 Å². The van der Waals surface area contributed by atoms with Crippen LogP contribution in [0, 0.1) is 5.82 Å². The van der Waals surface area contributed by atoms with Crippen LogP contribution in [0.5, 0.6) is 0 Å². The molecule has 0 radical (unpaired) electrons. The number of halogens is 1. The van der Waals surface area contributed by atoms with Gasteiger partial charge in [0.05, 0.1) is 17.0 Å². The van der Waals surface area contributed by atoms with Gasteiger partial charge in [-0.05, 0) is 35.7 Å². The second-order valence-corrected chi connectivity index (χ2v) is 8.06. The second-order valence-electron chi connectivity index (χ2n) is 6.20. The third-order valence-corrected chi connectivity index (χ3v) is 6.20. The number of rotatable bonds is 5. The fourth-order valence-corrected chi connectivity index (χ4v) is 4.53. The maximum atomic E-state index is 14.4. The van der Waals surface area contributed by atoms with Gasteiger partial charge in [0.1, 0.15) is 10.5 Å². The molecule has 4 rings (SSSR count). The third kappa shape index (κ3) is 3.81. The molecule has 0 aliphatic heterocycles. The quantitative estimate of drug-likeness (QED) is 0.353. The molecular weight excluding hydrogens is 409 g/mol. The summed E-state index contributed by atoms with van der Waals surface area (Å²) >= 11 is 2.37. The molecule has 0 bridgehead atoms. The van der Waals surface area contributed by atoms with E-state index >= 15 is 0 Å². The molecular formula is C21H16FN3O2S2. The van der Waals surface area contributed by atoms with Crippen LogP contribution in [0.1, 0.15) is 0 Å². The van der Waals surface area contributed by atoms with Crippen LogP contribution < -0.4 is 10.5 Å². The lowest BCUT2D eigenvalue weighted by molar-refractivity contribution is -0.115. The summed E-state index contributed by atoms with van der Waals surface area (Å²) in [5.74, 6) is -0.620. The van der Waals surface area contributed by atoms with Crippen LogP contribution >= 0.6 is 23.1 Å². The lowest BCUT2D eigenvalue weighted by Gasteiger charge is -2.17. The Morgan fingerprint density at radius 3 is 2.62 bits per heavy atom. The summed E-state index contributed by atoms with van der Waals surface area (Å²) < 4.78 is 16.1. The van der Waals surface area contributed by atoms with E-state index in [1.165, 1.54) is 28.0 Å². The molecule has 5 nitrogen and oxygen atoms in total. The van der Waals surface area contributed by atoms with Crippen molar-refractivity contribution >= 4 is 44.9 Å². The molecule has 0 fully saturated rings. The standard InChI is InChI=1S/C21H16FN3O2S2/c1-24(14-7-3-2-4-8-14)18(26)13-29-21-23-16-11-12-28-19(16)20(27)25(21)17-10-6-5-9-15(17)22/h2-12H,13H2,1H3. The Hall–Kier alpha value is -2.97. The van der Waals surface area contributed by atoms with Gasteiger partial charge >= 0.3 is 0 Å². The first-order chi connectivity index (χ1) is 14.1. The van der Waals surface area contributed by atoms with Gasteiger partial charge in [-0.3, -0.25) is 14.2 Å². The van der Waals surface area contributed by atoms with Crippen molar-refractivity contribution in [3.05, 3.63) is 82.2 Å². The van der Waals surface area contributed by atoms with E-state index in [1.807, 2.05) is 30.3 Å². The van der Waals surface area contributed by atoms with E-state index < -0.39 is 5.82 Å². The Labute approximate surface area is 174 Å². The molecule has 0 atom stereocenters. The number of thioether (sulfide) groups is 1. The Morgan fingerprint density at radius 2 is 1.86 bits per heavy atom. The lowest BCUT2D eigenvalue weighted by Crippen LogP contribution is -2.28. The van der Waals surface area contributed by atoms with Crippen LogP contribution in [0.3, 0.4) is 0 Å². The SMILES string of the molecule is CN(C(=O)CSc1nc2ccsc2c(=O)n1-c1ccccc1F)c1ccccc1. The molecule has 0 saturated heterocycles. The maximum absolute atomic E-state index is 14.4. The number of carbonyl (C=O) groups is 1. The van der Waals surface area contributed by atoms with Gasteiger partial charge in [-0.1, -0.05) is 42.1 Å². The van der Waals surface area contributed by atoms with Gasteiger partial charge in [0.2, 0.25) is 5.91 Å². The van der Waals surface area contributed by atoms with E-state index in [-0.39, 0.29) is 28.1 Å². The van der Waals surface area contributed by atoms with E-state index in [0.29, 0.717) is 10.2 Å². The van der Waals surface area contributed by atoms with Gasteiger partial charge in [0.15, 0.2) is 5.16 Å². The average Bonchev–Trinajstić information content (AvgIpc) is 3.22. The van der Waals surface area contributed by atoms with E-state index in [4.69, 9.17) is 0 Å². The molecule has 0 N–H and O–H groups in total. The molecule has 0 saturated carbocycles. The minimum atomic E-state index is -0.526. The molecule has 0 aliphatic rings. The number of benzene rings is 2. The fourth-order valence-electron chi connectivity index (χ4n) is 2.85. The van der Waals surface area contributed by atoms with Crippen molar-refractivity contribution in [1.82, 2.24) is 9.55 Å². The second kappa shape index (κ2) is 8.18. The topological polar surface area (TPSA) is 55.2 Å². The maximum Gasteiger partial charge on any atom is 0.276 e. The van der Waals surface area contributed by atoms with Crippen molar-refractivity contribution in [3.63, 3.8) is 0 Å². The van der Waals surface area contributed by atoms with Crippen LogP contribution in [0.15, 0.2) is 76.0 Å². The lowest BCUT2D eigenvalue weighted by atomic mass is 10.3. The highest BCUT2D eigenvalue weighted by molar-refractivity contribution is 7.99.